The van der Waals surface area contributed by atoms with Crippen molar-refractivity contribution in [2.75, 3.05) is 38.4 Å². The number of nitrogens with two attached hydrogens (primary N) is 1. The molecule has 0 radical (unpaired) electrons. The lowest BCUT2D eigenvalue weighted by atomic mass is 10.1. The Hall–Kier alpha value is -2.11. The molecule has 3 N–H and O–H groups in total. The molecular formula is C13H20N2O4. The van der Waals surface area contributed by atoms with Crippen molar-refractivity contribution in [3.05, 3.63) is 11.6 Å². The Balaban J connectivity index is 0.000000861. The molecule has 0 bridgehead atoms. The van der Waals surface area contributed by atoms with E-state index >= 15 is 0 Å². The summed E-state index contributed by atoms with van der Waals surface area (Å²) in [7, 11) is 3.03. The predicted octanol–water partition coefficient (Wildman–Crippen LogP) is 1.89. The number of hydrogen-bond acceptors (Lipinski definition) is 6. The second kappa shape index (κ2) is 6.72. The highest BCUT2D eigenvalue weighted by molar-refractivity contribution is 5.98. The van der Waals surface area contributed by atoms with E-state index in [1.54, 1.807) is 7.05 Å². The summed E-state index contributed by atoms with van der Waals surface area (Å²) in [5, 5.41) is 2.93. The van der Waals surface area contributed by atoms with E-state index in [1.165, 1.54) is 13.2 Å². The van der Waals surface area contributed by atoms with Crippen molar-refractivity contribution < 1.29 is 19.0 Å². The molecule has 6 nitrogen and oxygen atoms in total. The van der Waals surface area contributed by atoms with Crippen molar-refractivity contribution in [1.29, 1.82) is 0 Å². The molecule has 19 heavy (non-hydrogen) atoms. The van der Waals surface area contributed by atoms with Crippen LogP contribution in [0.5, 0.6) is 11.5 Å². The summed E-state index contributed by atoms with van der Waals surface area (Å²) >= 11 is 0. The standard InChI is InChI=1S/C11H14N2O4.C2H6/c1-13-8-7(12)5-6(11(14)15-2)9-10(8)17-4-3-16-9;1-2/h5,13H,3-4,12H2,1-2H3;1-2H3. The zero-order chi connectivity index (χ0) is 14.4. The van der Waals surface area contributed by atoms with Crippen molar-refractivity contribution in [2.45, 2.75) is 13.8 Å². The fourth-order valence-corrected chi connectivity index (χ4v) is 1.75. The maximum absolute atomic E-state index is 11.6. The summed E-state index contributed by atoms with van der Waals surface area (Å²) in [4.78, 5) is 11.6. The molecule has 0 aliphatic carbocycles. The van der Waals surface area contributed by atoms with E-state index in [1.807, 2.05) is 13.8 Å². The van der Waals surface area contributed by atoms with Gasteiger partial charge in [0.25, 0.3) is 0 Å². The number of benzene rings is 1. The third kappa shape index (κ3) is 2.83. The molecule has 0 saturated heterocycles. The van der Waals surface area contributed by atoms with Crippen molar-refractivity contribution in [3.63, 3.8) is 0 Å². The summed E-state index contributed by atoms with van der Waals surface area (Å²) in [5.41, 5.74) is 7.15. The lowest BCUT2D eigenvalue weighted by Crippen LogP contribution is -2.20. The fourth-order valence-electron chi connectivity index (χ4n) is 1.75. The first-order valence-corrected chi connectivity index (χ1v) is 6.17. The number of nitrogen functional groups attached to an aromatic ring is 1. The summed E-state index contributed by atoms with van der Waals surface area (Å²) in [6, 6.07) is 1.52. The van der Waals surface area contributed by atoms with Crippen LogP contribution in [0.4, 0.5) is 11.4 Å². The number of ether oxygens (including phenoxy) is 3. The second-order valence-electron chi connectivity index (χ2n) is 3.49. The van der Waals surface area contributed by atoms with Crippen LogP contribution in [0.15, 0.2) is 6.07 Å². The number of hydrogen-bond donors (Lipinski definition) is 2. The minimum atomic E-state index is -0.499. The number of esters is 1. The van der Waals surface area contributed by atoms with Crippen molar-refractivity contribution in [1.82, 2.24) is 0 Å². The van der Waals surface area contributed by atoms with Gasteiger partial charge >= 0.3 is 5.97 Å². The lowest BCUT2D eigenvalue weighted by Gasteiger charge is -2.23. The summed E-state index contributed by atoms with van der Waals surface area (Å²) in [5.74, 6) is 0.335. The highest BCUT2D eigenvalue weighted by atomic mass is 16.6. The number of methoxy groups -OCH3 is 1. The van der Waals surface area contributed by atoms with Gasteiger partial charge in [0, 0.05) is 7.05 Å². The second-order valence-corrected chi connectivity index (χ2v) is 3.49. The van der Waals surface area contributed by atoms with Crippen LogP contribution in [-0.2, 0) is 4.74 Å². The van der Waals surface area contributed by atoms with E-state index in [2.05, 4.69) is 10.1 Å². The molecule has 0 spiro atoms. The topological polar surface area (TPSA) is 82.8 Å². The molecule has 106 valence electrons. The van der Waals surface area contributed by atoms with Gasteiger partial charge in [0.1, 0.15) is 24.5 Å². The van der Waals surface area contributed by atoms with Crippen LogP contribution in [-0.4, -0.2) is 33.3 Å². The Morgan fingerprint density at radius 2 is 1.89 bits per heavy atom. The molecule has 1 heterocycles. The molecule has 0 fully saturated rings. The number of carbonyl (C=O) groups is 1. The molecule has 0 amide bonds. The molecule has 1 aliphatic heterocycles. The molecule has 0 unspecified atom stereocenters. The smallest absolute Gasteiger partial charge is 0.341 e. The first kappa shape index (κ1) is 14.9. The van der Waals surface area contributed by atoms with Gasteiger partial charge in [0.2, 0.25) is 0 Å². The Morgan fingerprint density at radius 1 is 1.32 bits per heavy atom. The normalized spacial score (nSPS) is 12.0. The van der Waals surface area contributed by atoms with Crippen LogP contribution < -0.4 is 20.5 Å². The van der Waals surface area contributed by atoms with Gasteiger partial charge in [-0.3, -0.25) is 0 Å². The third-order valence-corrected chi connectivity index (χ3v) is 2.50. The minimum absolute atomic E-state index is 0.277. The molecular weight excluding hydrogens is 248 g/mol. The van der Waals surface area contributed by atoms with E-state index in [4.69, 9.17) is 15.2 Å². The molecule has 0 atom stereocenters. The number of carbonyl (C=O) groups excluding carboxylic acids is 1. The quantitative estimate of drug-likeness (QED) is 0.629. The molecule has 0 saturated carbocycles. The van der Waals surface area contributed by atoms with Crippen LogP contribution in [0.3, 0.4) is 0 Å². The Kier molecular flexibility index (Phi) is 5.29. The van der Waals surface area contributed by atoms with Gasteiger partial charge in [-0.2, -0.15) is 0 Å². The van der Waals surface area contributed by atoms with Crippen molar-refractivity contribution in [3.8, 4) is 11.5 Å². The monoisotopic (exact) mass is 268 g/mol. The molecule has 2 rings (SSSR count). The largest absolute Gasteiger partial charge is 0.485 e. The molecule has 1 aliphatic rings. The molecule has 6 heteroatoms. The molecule has 1 aromatic rings. The van der Waals surface area contributed by atoms with E-state index in [0.29, 0.717) is 36.1 Å². The van der Waals surface area contributed by atoms with E-state index in [9.17, 15) is 4.79 Å². The number of nitrogens with one attached hydrogen (secondary N) is 1. The van der Waals surface area contributed by atoms with Crippen LogP contribution in [0.2, 0.25) is 0 Å². The Bertz CT molecular complexity index is 460. The van der Waals surface area contributed by atoms with Gasteiger partial charge in [-0.1, -0.05) is 13.8 Å². The average Bonchev–Trinajstić information content (AvgIpc) is 2.47. The summed E-state index contributed by atoms with van der Waals surface area (Å²) in [6.45, 7) is 4.82. The van der Waals surface area contributed by atoms with Crippen LogP contribution in [0.25, 0.3) is 0 Å². The van der Waals surface area contributed by atoms with Crippen LogP contribution >= 0.6 is 0 Å². The van der Waals surface area contributed by atoms with E-state index in [0.717, 1.165) is 0 Å². The Morgan fingerprint density at radius 3 is 2.42 bits per heavy atom. The first-order chi connectivity index (χ1) is 9.19. The maximum Gasteiger partial charge on any atom is 0.341 e. The van der Waals surface area contributed by atoms with Gasteiger partial charge in [-0.15, -0.1) is 0 Å². The van der Waals surface area contributed by atoms with Gasteiger partial charge in [-0.05, 0) is 6.07 Å². The summed E-state index contributed by atoms with van der Waals surface area (Å²) < 4.78 is 15.6. The number of rotatable bonds is 2. The van der Waals surface area contributed by atoms with Gasteiger partial charge < -0.3 is 25.3 Å². The highest BCUT2D eigenvalue weighted by Crippen LogP contribution is 2.44. The first-order valence-electron chi connectivity index (χ1n) is 6.17. The molecule has 0 aromatic heterocycles. The van der Waals surface area contributed by atoms with Gasteiger partial charge in [0.15, 0.2) is 11.5 Å². The van der Waals surface area contributed by atoms with Crippen LogP contribution in [0, 0.1) is 0 Å². The number of fused-ring (bicyclic) bond motifs is 1. The fraction of sp³-hybridized carbons (Fsp3) is 0.462. The SMILES string of the molecule is CC.CNc1c(N)cc(C(=O)OC)c2c1OCCO2. The summed E-state index contributed by atoms with van der Waals surface area (Å²) in [6.07, 6.45) is 0. The maximum atomic E-state index is 11.6. The zero-order valence-electron chi connectivity index (χ0n) is 11.7. The molecule has 1 aromatic carbocycles. The van der Waals surface area contributed by atoms with Gasteiger partial charge in [0.05, 0.1) is 12.8 Å². The predicted molar refractivity (Wildman–Crippen MR) is 74.1 cm³/mol. The lowest BCUT2D eigenvalue weighted by molar-refractivity contribution is 0.0590. The van der Waals surface area contributed by atoms with E-state index < -0.39 is 5.97 Å². The van der Waals surface area contributed by atoms with Gasteiger partial charge in [-0.25, -0.2) is 4.79 Å². The van der Waals surface area contributed by atoms with E-state index in [-0.39, 0.29) is 5.56 Å². The average molecular weight is 268 g/mol. The third-order valence-electron chi connectivity index (χ3n) is 2.50. The zero-order valence-corrected chi connectivity index (χ0v) is 11.7. The van der Waals surface area contributed by atoms with Crippen molar-refractivity contribution >= 4 is 17.3 Å². The number of anilines is 2. The van der Waals surface area contributed by atoms with Crippen molar-refractivity contribution in [2.24, 2.45) is 0 Å². The Labute approximate surface area is 112 Å². The highest BCUT2D eigenvalue weighted by Gasteiger charge is 2.26. The minimum Gasteiger partial charge on any atom is -0.485 e. The van der Waals surface area contributed by atoms with Crippen LogP contribution in [0.1, 0.15) is 24.2 Å².